The van der Waals surface area contributed by atoms with E-state index in [2.05, 4.69) is 36.1 Å². The molecule has 2 aliphatic rings. The molecule has 1 amide bonds. The van der Waals surface area contributed by atoms with Crippen LogP contribution in [-0.4, -0.2) is 41.4 Å². The Hall–Kier alpha value is -1.00. The minimum Gasteiger partial charge on any atom is -0.311 e. The molecule has 20 heavy (non-hydrogen) atoms. The van der Waals surface area contributed by atoms with Crippen molar-refractivity contribution in [3.8, 4) is 0 Å². The molecule has 0 aromatic heterocycles. The van der Waals surface area contributed by atoms with Gasteiger partial charge in [0.1, 0.15) is 0 Å². The van der Waals surface area contributed by atoms with E-state index in [-0.39, 0.29) is 5.91 Å². The molecule has 1 aromatic rings. The van der Waals surface area contributed by atoms with Gasteiger partial charge in [0, 0.05) is 30.6 Å². The first-order valence-corrected chi connectivity index (χ1v) is 8.60. The average Bonchev–Trinajstić information content (AvgIpc) is 2.86. The van der Waals surface area contributed by atoms with E-state index in [0.29, 0.717) is 11.8 Å². The molecule has 3 rings (SSSR count). The van der Waals surface area contributed by atoms with Crippen molar-refractivity contribution < 1.29 is 4.79 Å². The molecule has 1 aromatic carbocycles. The maximum atomic E-state index is 11.9. The smallest absolute Gasteiger partial charge is 0.237 e. The predicted octanol–water partition coefficient (Wildman–Crippen LogP) is 2.75. The van der Waals surface area contributed by atoms with Gasteiger partial charge in [0.25, 0.3) is 0 Å². The van der Waals surface area contributed by atoms with Crippen LogP contribution in [0.15, 0.2) is 24.3 Å². The molecular weight excluding hydrogens is 268 g/mol. The number of rotatable bonds is 3. The molecule has 2 heterocycles. The summed E-state index contributed by atoms with van der Waals surface area (Å²) in [5.41, 5.74) is 2.40. The van der Waals surface area contributed by atoms with E-state index in [1.54, 1.807) is 11.8 Å². The minimum absolute atomic E-state index is 0.238. The van der Waals surface area contributed by atoms with Gasteiger partial charge in [-0.15, -0.1) is 0 Å². The molecule has 2 fully saturated rings. The topological polar surface area (TPSA) is 23.6 Å². The van der Waals surface area contributed by atoms with Crippen LogP contribution in [0.2, 0.25) is 0 Å². The third-order valence-electron chi connectivity index (χ3n) is 4.31. The largest absolute Gasteiger partial charge is 0.311 e. The Morgan fingerprint density at radius 1 is 1.25 bits per heavy atom. The molecule has 0 aliphatic carbocycles. The van der Waals surface area contributed by atoms with Gasteiger partial charge in [-0.3, -0.25) is 9.69 Å². The van der Waals surface area contributed by atoms with Crippen LogP contribution in [0.3, 0.4) is 0 Å². The van der Waals surface area contributed by atoms with Gasteiger partial charge < -0.3 is 4.90 Å². The van der Waals surface area contributed by atoms with E-state index in [4.69, 9.17) is 0 Å². The fraction of sp³-hybridized carbons (Fsp3) is 0.562. The second-order valence-corrected chi connectivity index (χ2v) is 6.83. The summed E-state index contributed by atoms with van der Waals surface area (Å²) in [6.07, 6.45) is 2.64. The van der Waals surface area contributed by atoms with E-state index in [1.165, 1.54) is 24.9 Å². The summed E-state index contributed by atoms with van der Waals surface area (Å²) in [6, 6.07) is 9.26. The van der Waals surface area contributed by atoms with Crippen molar-refractivity contribution >= 4 is 23.4 Å². The molecule has 4 heteroatoms. The van der Waals surface area contributed by atoms with Crippen molar-refractivity contribution in [3.05, 3.63) is 29.8 Å². The summed E-state index contributed by atoms with van der Waals surface area (Å²) in [5.74, 6) is 1.90. The van der Waals surface area contributed by atoms with Crippen LogP contribution < -0.4 is 4.90 Å². The van der Waals surface area contributed by atoms with E-state index in [0.717, 1.165) is 24.5 Å². The average molecular weight is 290 g/mol. The molecule has 0 radical (unpaired) electrons. The molecule has 0 N–H and O–H groups in total. The monoisotopic (exact) mass is 290 g/mol. The van der Waals surface area contributed by atoms with Crippen LogP contribution >= 0.6 is 11.8 Å². The number of carbonyl (C=O) groups is 1. The Bertz CT molecular complexity index is 474. The standard InChI is InChI=1S/C16H22N2OS/c1-13-3-2-8-17(13)11-14-4-6-15(7-5-14)18-9-10-20-12-16(18)19/h4-7,13H,2-3,8-12H2,1H3. The van der Waals surface area contributed by atoms with Crippen LogP contribution in [0.4, 0.5) is 5.69 Å². The quantitative estimate of drug-likeness (QED) is 0.855. The molecule has 108 valence electrons. The molecule has 3 nitrogen and oxygen atoms in total. The van der Waals surface area contributed by atoms with E-state index in [9.17, 15) is 4.79 Å². The highest BCUT2D eigenvalue weighted by Gasteiger charge is 2.21. The molecule has 2 saturated heterocycles. The summed E-state index contributed by atoms with van der Waals surface area (Å²) < 4.78 is 0. The number of likely N-dealkylation sites (tertiary alicyclic amines) is 1. The lowest BCUT2D eigenvalue weighted by Crippen LogP contribution is -2.38. The third-order valence-corrected chi connectivity index (χ3v) is 5.23. The number of hydrogen-bond donors (Lipinski definition) is 0. The van der Waals surface area contributed by atoms with Crippen LogP contribution in [0.1, 0.15) is 25.3 Å². The second kappa shape index (κ2) is 6.19. The van der Waals surface area contributed by atoms with E-state index in [1.807, 2.05) is 4.90 Å². The second-order valence-electron chi connectivity index (χ2n) is 5.73. The van der Waals surface area contributed by atoms with Gasteiger partial charge in [-0.2, -0.15) is 11.8 Å². The first kappa shape index (κ1) is 14.0. The molecule has 1 unspecified atom stereocenters. The van der Waals surface area contributed by atoms with Crippen LogP contribution in [0, 0.1) is 0 Å². The zero-order chi connectivity index (χ0) is 13.9. The Balaban J connectivity index is 1.66. The lowest BCUT2D eigenvalue weighted by molar-refractivity contribution is -0.116. The molecule has 2 aliphatic heterocycles. The van der Waals surface area contributed by atoms with Crippen molar-refractivity contribution in [2.75, 3.05) is 29.5 Å². The van der Waals surface area contributed by atoms with Crippen molar-refractivity contribution in [1.29, 1.82) is 0 Å². The highest BCUT2D eigenvalue weighted by Crippen LogP contribution is 2.23. The molecule has 0 spiro atoms. The number of nitrogens with zero attached hydrogens (tertiary/aromatic N) is 2. The minimum atomic E-state index is 0.238. The van der Waals surface area contributed by atoms with Crippen molar-refractivity contribution in [2.24, 2.45) is 0 Å². The zero-order valence-corrected chi connectivity index (χ0v) is 12.9. The summed E-state index contributed by atoms with van der Waals surface area (Å²) in [6.45, 7) is 5.40. The predicted molar refractivity (Wildman–Crippen MR) is 85.2 cm³/mol. The van der Waals surface area contributed by atoms with E-state index >= 15 is 0 Å². The highest BCUT2D eigenvalue weighted by atomic mass is 32.2. The number of thioether (sulfide) groups is 1. The number of carbonyl (C=O) groups excluding carboxylic acids is 1. The molecule has 0 bridgehead atoms. The SMILES string of the molecule is CC1CCCN1Cc1ccc(N2CCSCC2=O)cc1. The van der Waals surface area contributed by atoms with Gasteiger partial charge in [-0.1, -0.05) is 12.1 Å². The number of amides is 1. The maximum Gasteiger partial charge on any atom is 0.237 e. The van der Waals surface area contributed by atoms with Crippen LogP contribution in [-0.2, 0) is 11.3 Å². The molecule has 1 atom stereocenters. The van der Waals surface area contributed by atoms with Crippen LogP contribution in [0.5, 0.6) is 0 Å². The summed E-state index contributed by atoms with van der Waals surface area (Å²) in [7, 11) is 0. The number of benzene rings is 1. The normalized spacial score (nSPS) is 24.4. The summed E-state index contributed by atoms with van der Waals surface area (Å²) >= 11 is 1.73. The fourth-order valence-electron chi connectivity index (χ4n) is 3.03. The van der Waals surface area contributed by atoms with Gasteiger partial charge in [-0.25, -0.2) is 0 Å². The first-order chi connectivity index (χ1) is 9.74. The Labute approximate surface area is 125 Å². The van der Waals surface area contributed by atoms with Crippen molar-refractivity contribution in [2.45, 2.75) is 32.4 Å². The first-order valence-electron chi connectivity index (χ1n) is 7.45. The van der Waals surface area contributed by atoms with Gasteiger partial charge in [0.15, 0.2) is 0 Å². The van der Waals surface area contributed by atoms with E-state index < -0.39 is 0 Å². The Morgan fingerprint density at radius 2 is 2.05 bits per heavy atom. The number of anilines is 1. The van der Waals surface area contributed by atoms with Gasteiger partial charge in [0.05, 0.1) is 5.75 Å². The Kier molecular flexibility index (Phi) is 4.32. The van der Waals surface area contributed by atoms with Gasteiger partial charge in [0.2, 0.25) is 5.91 Å². The third kappa shape index (κ3) is 3.01. The lowest BCUT2D eigenvalue weighted by Gasteiger charge is -2.27. The number of hydrogen-bond acceptors (Lipinski definition) is 3. The maximum absolute atomic E-state index is 11.9. The van der Waals surface area contributed by atoms with Gasteiger partial charge in [-0.05, 0) is 44.0 Å². The Morgan fingerprint density at radius 3 is 2.70 bits per heavy atom. The lowest BCUT2D eigenvalue weighted by atomic mass is 10.1. The fourth-order valence-corrected chi connectivity index (χ4v) is 3.82. The highest BCUT2D eigenvalue weighted by molar-refractivity contribution is 8.00. The van der Waals surface area contributed by atoms with Gasteiger partial charge >= 0.3 is 0 Å². The van der Waals surface area contributed by atoms with Crippen LogP contribution in [0.25, 0.3) is 0 Å². The zero-order valence-electron chi connectivity index (χ0n) is 12.0. The summed E-state index contributed by atoms with van der Waals surface area (Å²) in [4.78, 5) is 16.4. The van der Waals surface area contributed by atoms with Crippen molar-refractivity contribution in [3.63, 3.8) is 0 Å². The summed E-state index contributed by atoms with van der Waals surface area (Å²) in [5, 5.41) is 0. The van der Waals surface area contributed by atoms with Crippen molar-refractivity contribution in [1.82, 2.24) is 4.90 Å². The molecule has 0 saturated carbocycles. The molecular formula is C16H22N2OS.